The summed E-state index contributed by atoms with van der Waals surface area (Å²) in [6.45, 7) is 0. The summed E-state index contributed by atoms with van der Waals surface area (Å²) in [5.74, 6) is 1.65. The van der Waals surface area contributed by atoms with Crippen LogP contribution in [0.2, 0.25) is 0 Å². The monoisotopic (exact) mass is 617 g/mol. The van der Waals surface area contributed by atoms with Crippen molar-refractivity contribution < 1.29 is 0 Å². The Morgan fingerprint density at radius 2 is 0.562 bits per heavy atom. The van der Waals surface area contributed by atoms with Gasteiger partial charge in [-0.15, -0.1) is 0 Å². The highest BCUT2D eigenvalue weighted by Crippen LogP contribution is 2.33. The molecule has 0 aliphatic carbocycles. The average Bonchev–Trinajstić information content (AvgIpc) is 3.19. The Labute approximate surface area is 277 Å². The molecular weight excluding hydrogens is 591 g/mol. The maximum atomic E-state index is 5.09. The normalized spacial score (nSPS) is 10.9. The van der Waals surface area contributed by atoms with Crippen LogP contribution in [0.3, 0.4) is 0 Å². The highest BCUT2D eigenvalue weighted by molar-refractivity contribution is 5.79. The van der Waals surface area contributed by atoms with Gasteiger partial charge >= 0.3 is 0 Å². The van der Waals surface area contributed by atoms with Gasteiger partial charge in [0.25, 0.3) is 0 Å². The van der Waals surface area contributed by atoms with E-state index in [-0.39, 0.29) is 0 Å². The van der Waals surface area contributed by atoms with E-state index in [1.54, 1.807) is 24.8 Å². The molecule has 0 aliphatic heterocycles. The number of pyridine rings is 4. The van der Waals surface area contributed by atoms with Crippen LogP contribution in [0.1, 0.15) is 0 Å². The second-order valence-electron chi connectivity index (χ2n) is 11.1. The highest BCUT2D eigenvalue weighted by atomic mass is 15.0. The topological polar surface area (TPSA) is 90.2 Å². The summed E-state index contributed by atoms with van der Waals surface area (Å²) in [6, 6.07) is 46.1. The van der Waals surface area contributed by atoms with Crippen LogP contribution < -0.4 is 0 Å². The molecule has 0 unspecified atom stereocenters. The SMILES string of the molecule is c1ccc(-c2cccc(-c3nc(-c4cccc(-c5ccccn5)c4)nc(-c4cc(-c5ccccn5)cc(-c5ccccn5)c4)n3)c2)nc1. The van der Waals surface area contributed by atoms with Crippen molar-refractivity contribution in [3.8, 4) is 79.2 Å². The Morgan fingerprint density at radius 3 is 0.938 bits per heavy atom. The summed E-state index contributed by atoms with van der Waals surface area (Å²) in [5.41, 5.74) is 9.80. The Bertz CT molecular complexity index is 2170. The molecule has 0 amide bonds. The van der Waals surface area contributed by atoms with E-state index in [9.17, 15) is 0 Å². The van der Waals surface area contributed by atoms with E-state index < -0.39 is 0 Å². The molecule has 226 valence electrons. The first-order chi connectivity index (χ1) is 23.8. The predicted molar refractivity (Wildman–Crippen MR) is 189 cm³/mol. The second kappa shape index (κ2) is 12.9. The van der Waals surface area contributed by atoms with Crippen molar-refractivity contribution in [2.45, 2.75) is 0 Å². The van der Waals surface area contributed by atoms with Gasteiger partial charge in [0.05, 0.1) is 22.8 Å². The number of aromatic nitrogens is 7. The summed E-state index contributed by atoms with van der Waals surface area (Å²) in [6.07, 6.45) is 7.18. The molecule has 0 N–H and O–H groups in total. The van der Waals surface area contributed by atoms with Crippen LogP contribution in [-0.2, 0) is 0 Å². The van der Waals surface area contributed by atoms with Gasteiger partial charge in [-0.2, -0.15) is 0 Å². The van der Waals surface area contributed by atoms with Gasteiger partial charge < -0.3 is 0 Å². The Kier molecular flexibility index (Phi) is 7.74. The average molecular weight is 618 g/mol. The maximum Gasteiger partial charge on any atom is 0.164 e. The fourth-order valence-corrected chi connectivity index (χ4v) is 5.58. The Balaban J connectivity index is 1.33. The zero-order valence-corrected chi connectivity index (χ0v) is 25.7. The zero-order valence-electron chi connectivity index (χ0n) is 25.7. The first kappa shape index (κ1) is 28.7. The first-order valence-corrected chi connectivity index (χ1v) is 15.5. The third-order valence-electron chi connectivity index (χ3n) is 7.91. The lowest BCUT2D eigenvalue weighted by Crippen LogP contribution is -2.01. The number of hydrogen-bond donors (Lipinski definition) is 0. The molecule has 0 bridgehead atoms. The van der Waals surface area contributed by atoms with Gasteiger partial charge in [0, 0.05) is 63.7 Å². The smallest absolute Gasteiger partial charge is 0.164 e. The van der Waals surface area contributed by atoms with Crippen molar-refractivity contribution >= 4 is 0 Å². The van der Waals surface area contributed by atoms with E-state index in [0.717, 1.165) is 61.7 Å². The van der Waals surface area contributed by atoms with E-state index >= 15 is 0 Å². The molecule has 7 nitrogen and oxygen atoms in total. The fourth-order valence-electron chi connectivity index (χ4n) is 5.58. The van der Waals surface area contributed by atoms with Crippen molar-refractivity contribution in [2.24, 2.45) is 0 Å². The molecule has 0 aliphatic rings. The number of benzene rings is 3. The van der Waals surface area contributed by atoms with Gasteiger partial charge in [-0.25, -0.2) is 15.0 Å². The summed E-state index contributed by atoms with van der Waals surface area (Å²) in [5, 5.41) is 0. The summed E-state index contributed by atoms with van der Waals surface area (Å²) in [7, 11) is 0. The highest BCUT2D eigenvalue weighted by Gasteiger charge is 2.16. The molecule has 8 rings (SSSR count). The number of hydrogen-bond acceptors (Lipinski definition) is 7. The Morgan fingerprint density at radius 1 is 0.250 bits per heavy atom. The molecule has 0 saturated carbocycles. The molecule has 0 saturated heterocycles. The van der Waals surface area contributed by atoms with E-state index in [2.05, 4.69) is 50.3 Å². The van der Waals surface area contributed by atoms with Crippen LogP contribution in [0.25, 0.3) is 79.2 Å². The van der Waals surface area contributed by atoms with Crippen molar-refractivity contribution in [1.29, 1.82) is 0 Å². The van der Waals surface area contributed by atoms with E-state index in [1.807, 2.05) is 109 Å². The maximum absolute atomic E-state index is 5.09. The fraction of sp³-hybridized carbons (Fsp3) is 0. The van der Waals surface area contributed by atoms with E-state index in [4.69, 9.17) is 15.0 Å². The predicted octanol–water partition coefficient (Wildman–Crippen LogP) is 9.12. The molecular formula is C41H27N7. The van der Waals surface area contributed by atoms with Crippen LogP contribution in [0, 0.1) is 0 Å². The summed E-state index contributed by atoms with van der Waals surface area (Å²) >= 11 is 0. The molecule has 7 heteroatoms. The van der Waals surface area contributed by atoms with Crippen LogP contribution in [0.4, 0.5) is 0 Å². The lowest BCUT2D eigenvalue weighted by atomic mass is 10.00. The number of nitrogens with zero attached hydrogens (tertiary/aromatic N) is 7. The van der Waals surface area contributed by atoms with Gasteiger partial charge in [0.15, 0.2) is 17.5 Å². The molecule has 5 heterocycles. The largest absolute Gasteiger partial charge is 0.256 e. The quantitative estimate of drug-likeness (QED) is 0.176. The Hall–Kier alpha value is -6.73. The third-order valence-corrected chi connectivity index (χ3v) is 7.91. The lowest BCUT2D eigenvalue weighted by molar-refractivity contribution is 1.07. The minimum absolute atomic E-state index is 0.538. The molecule has 48 heavy (non-hydrogen) atoms. The van der Waals surface area contributed by atoms with Crippen molar-refractivity contribution in [2.75, 3.05) is 0 Å². The minimum atomic E-state index is 0.538. The molecule has 0 radical (unpaired) electrons. The van der Waals surface area contributed by atoms with Gasteiger partial charge in [0.1, 0.15) is 0 Å². The van der Waals surface area contributed by atoms with E-state index in [1.165, 1.54) is 0 Å². The van der Waals surface area contributed by atoms with Crippen LogP contribution in [-0.4, -0.2) is 34.9 Å². The van der Waals surface area contributed by atoms with Gasteiger partial charge in [-0.1, -0.05) is 60.7 Å². The third kappa shape index (κ3) is 6.08. The van der Waals surface area contributed by atoms with Crippen molar-refractivity contribution in [3.63, 3.8) is 0 Å². The molecule has 0 fully saturated rings. The van der Waals surface area contributed by atoms with Crippen LogP contribution >= 0.6 is 0 Å². The van der Waals surface area contributed by atoms with Gasteiger partial charge in [0.2, 0.25) is 0 Å². The van der Waals surface area contributed by atoms with Crippen LogP contribution in [0.5, 0.6) is 0 Å². The second-order valence-corrected chi connectivity index (χ2v) is 11.1. The molecule has 3 aromatic carbocycles. The zero-order chi connectivity index (χ0) is 32.1. The summed E-state index contributed by atoms with van der Waals surface area (Å²) < 4.78 is 0. The minimum Gasteiger partial charge on any atom is -0.256 e. The summed E-state index contributed by atoms with van der Waals surface area (Å²) in [4.78, 5) is 33.6. The molecule has 8 aromatic rings. The molecule has 0 spiro atoms. The van der Waals surface area contributed by atoms with Gasteiger partial charge in [-0.05, 0) is 78.9 Å². The lowest BCUT2D eigenvalue weighted by Gasteiger charge is -2.12. The van der Waals surface area contributed by atoms with Crippen LogP contribution in [0.15, 0.2) is 164 Å². The van der Waals surface area contributed by atoms with Crippen molar-refractivity contribution in [3.05, 3.63) is 164 Å². The molecule has 0 atom stereocenters. The van der Waals surface area contributed by atoms with Crippen molar-refractivity contribution in [1.82, 2.24) is 34.9 Å². The van der Waals surface area contributed by atoms with E-state index in [0.29, 0.717) is 17.5 Å². The first-order valence-electron chi connectivity index (χ1n) is 15.5. The number of rotatable bonds is 7. The standard InChI is InChI=1S/C41H27N7/c1-5-19-42-35(15-1)28-11-9-13-30(23-28)39-46-40(31-14-10-12-29(24-31)36-16-2-6-20-43-36)48-41(47-39)34-26-32(37-17-3-7-21-44-37)25-33(27-34)38-18-4-8-22-45-38/h1-27H. The van der Waals surface area contributed by atoms with Gasteiger partial charge in [-0.3, -0.25) is 19.9 Å². The molecule has 5 aromatic heterocycles.